The zero-order chi connectivity index (χ0) is 13.5. The molecular weight excluding hydrogens is 302 g/mol. The fourth-order valence-electron chi connectivity index (χ4n) is 3.16. The summed E-state index contributed by atoms with van der Waals surface area (Å²) >= 11 is 3.54. The lowest BCUT2D eigenvalue weighted by Crippen LogP contribution is -2.42. The van der Waals surface area contributed by atoms with Gasteiger partial charge in [0.1, 0.15) is 5.75 Å². The van der Waals surface area contributed by atoms with E-state index in [9.17, 15) is 0 Å². The number of hydrogen-bond acceptors (Lipinski definition) is 2. The average Bonchev–Trinajstić information content (AvgIpc) is 2.38. The van der Waals surface area contributed by atoms with Gasteiger partial charge in [0.25, 0.3) is 0 Å². The van der Waals surface area contributed by atoms with Crippen LogP contribution in [0.25, 0.3) is 10.8 Å². The Hall–Kier alpha value is -1.06. The van der Waals surface area contributed by atoms with Crippen LogP contribution >= 0.6 is 15.9 Å². The molecule has 1 saturated carbocycles. The van der Waals surface area contributed by atoms with E-state index in [1.54, 1.807) is 7.11 Å². The van der Waals surface area contributed by atoms with Gasteiger partial charge in [-0.1, -0.05) is 34.5 Å². The maximum atomic E-state index is 6.08. The number of ether oxygens (including phenoxy) is 1. The number of benzene rings is 2. The summed E-state index contributed by atoms with van der Waals surface area (Å²) < 4.78 is 6.70. The molecule has 0 heterocycles. The van der Waals surface area contributed by atoms with E-state index < -0.39 is 0 Å². The fraction of sp³-hybridized carbons (Fsp3) is 0.375. The Morgan fingerprint density at radius 1 is 1.26 bits per heavy atom. The molecule has 2 aromatic rings. The Bertz CT molecular complexity index is 614. The maximum Gasteiger partial charge on any atom is 0.123 e. The highest BCUT2D eigenvalue weighted by atomic mass is 79.9. The topological polar surface area (TPSA) is 35.2 Å². The van der Waals surface area contributed by atoms with Gasteiger partial charge in [-0.15, -0.1) is 0 Å². The zero-order valence-electron chi connectivity index (χ0n) is 11.1. The van der Waals surface area contributed by atoms with Crippen molar-refractivity contribution >= 4 is 26.7 Å². The Balaban J connectivity index is 2.30. The highest BCUT2D eigenvalue weighted by molar-refractivity contribution is 9.10. The van der Waals surface area contributed by atoms with Gasteiger partial charge < -0.3 is 10.5 Å². The summed E-state index contributed by atoms with van der Waals surface area (Å²) in [4.78, 5) is 0. The van der Waals surface area contributed by atoms with E-state index >= 15 is 0 Å². The first kappa shape index (κ1) is 12.9. The summed E-state index contributed by atoms with van der Waals surface area (Å²) in [6.07, 6.45) is 3.58. The van der Waals surface area contributed by atoms with Crippen molar-refractivity contribution in [3.05, 3.63) is 40.4 Å². The summed E-state index contributed by atoms with van der Waals surface area (Å²) in [5.41, 5.74) is 7.49. The van der Waals surface area contributed by atoms with Gasteiger partial charge in [0.2, 0.25) is 0 Å². The molecule has 3 heteroatoms. The molecule has 1 aliphatic carbocycles. The molecule has 3 rings (SSSR count). The predicted molar refractivity (Wildman–Crippen MR) is 82.8 cm³/mol. The molecule has 0 spiro atoms. The molecule has 0 aliphatic heterocycles. The van der Waals surface area contributed by atoms with Crippen LogP contribution < -0.4 is 10.5 Å². The van der Waals surface area contributed by atoms with Crippen LogP contribution in [-0.4, -0.2) is 13.7 Å². The van der Waals surface area contributed by atoms with Crippen LogP contribution in [0.5, 0.6) is 5.75 Å². The number of fused-ring (bicyclic) bond motifs is 1. The van der Waals surface area contributed by atoms with Crippen LogP contribution in [0.15, 0.2) is 34.8 Å². The van der Waals surface area contributed by atoms with Crippen LogP contribution in [0, 0.1) is 0 Å². The Morgan fingerprint density at radius 3 is 2.63 bits per heavy atom. The lowest BCUT2D eigenvalue weighted by Gasteiger charge is -2.42. The molecule has 1 aliphatic rings. The number of nitrogens with two attached hydrogens (primary N) is 1. The van der Waals surface area contributed by atoms with E-state index in [4.69, 9.17) is 10.5 Å². The quantitative estimate of drug-likeness (QED) is 0.928. The van der Waals surface area contributed by atoms with E-state index in [0.717, 1.165) is 23.1 Å². The molecule has 1 fully saturated rings. The first-order valence-electron chi connectivity index (χ1n) is 6.67. The average molecular weight is 320 g/mol. The normalized spacial score (nSPS) is 17.2. The first-order chi connectivity index (χ1) is 9.20. The third kappa shape index (κ3) is 1.96. The zero-order valence-corrected chi connectivity index (χ0v) is 12.7. The Morgan fingerprint density at radius 2 is 2.05 bits per heavy atom. The Kier molecular flexibility index (Phi) is 3.27. The lowest BCUT2D eigenvalue weighted by molar-refractivity contribution is 0.246. The second kappa shape index (κ2) is 4.80. The summed E-state index contributed by atoms with van der Waals surface area (Å²) in [5.74, 6) is 0.972. The van der Waals surface area contributed by atoms with Crippen molar-refractivity contribution in [3.63, 3.8) is 0 Å². The van der Waals surface area contributed by atoms with E-state index in [-0.39, 0.29) is 5.41 Å². The number of methoxy groups -OCH3 is 1. The summed E-state index contributed by atoms with van der Waals surface area (Å²) in [6.45, 7) is 0.693. The largest absolute Gasteiger partial charge is 0.496 e. The van der Waals surface area contributed by atoms with E-state index in [1.807, 2.05) is 0 Å². The minimum atomic E-state index is 0.110. The molecule has 2 aromatic carbocycles. The van der Waals surface area contributed by atoms with Crippen molar-refractivity contribution in [1.29, 1.82) is 0 Å². The monoisotopic (exact) mass is 319 g/mol. The second-order valence-electron chi connectivity index (χ2n) is 5.35. The molecule has 2 N–H and O–H groups in total. The van der Waals surface area contributed by atoms with Crippen LogP contribution in [0.2, 0.25) is 0 Å². The SMILES string of the molecule is COc1ccc2cc(Br)ccc2c1C1(CN)CCC1. The molecule has 0 saturated heterocycles. The highest BCUT2D eigenvalue weighted by Crippen LogP contribution is 2.49. The van der Waals surface area contributed by atoms with Gasteiger partial charge in [-0.2, -0.15) is 0 Å². The van der Waals surface area contributed by atoms with Crippen molar-refractivity contribution in [2.24, 2.45) is 5.73 Å². The van der Waals surface area contributed by atoms with Crippen molar-refractivity contribution in [2.45, 2.75) is 24.7 Å². The predicted octanol–water partition coefficient (Wildman–Crippen LogP) is 3.99. The second-order valence-corrected chi connectivity index (χ2v) is 6.26. The van der Waals surface area contributed by atoms with Gasteiger partial charge in [0.15, 0.2) is 0 Å². The molecule has 19 heavy (non-hydrogen) atoms. The van der Waals surface area contributed by atoms with Crippen LogP contribution in [-0.2, 0) is 5.41 Å². The molecule has 2 nitrogen and oxygen atoms in total. The molecular formula is C16H18BrNO. The standard InChI is InChI=1S/C16H18BrNO/c1-19-14-6-3-11-9-12(17)4-5-13(11)15(14)16(10-18)7-2-8-16/h3-6,9H,2,7-8,10,18H2,1H3. The molecule has 0 unspecified atom stereocenters. The molecule has 0 aromatic heterocycles. The Labute approximate surface area is 122 Å². The summed E-state index contributed by atoms with van der Waals surface area (Å²) in [7, 11) is 1.74. The van der Waals surface area contributed by atoms with E-state index in [1.165, 1.54) is 22.8 Å². The molecule has 0 radical (unpaired) electrons. The van der Waals surface area contributed by atoms with Crippen LogP contribution in [0.4, 0.5) is 0 Å². The molecule has 0 amide bonds. The molecule has 0 bridgehead atoms. The number of halogens is 1. The maximum absolute atomic E-state index is 6.08. The fourth-order valence-corrected chi connectivity index (χ4v) is 3.54. The molecule has 100 valence electrons. The third-order valence-corrected chi connectivity index (χ3v) is 4.89. The van der Waals surface area contributed by atoms with Crippen molar-refractivity contribution in [1.82, 2.24) is 0 Å². The minimum Gasteiger partial charge on any atom is -0.496 e. The molecule has 0 atom stereocenters. The van der Waals surface area contributed by atoms with Crippen molar-refractivity contribution < 1.29 is 4.74 Å². The minimum absolute atomic E-state index is 0.110. The van der Waals surface area contributed by atoms with Gasteiger partial charge in [-0.25, -0.2) is 0 Å². The van der Waals surface area contributed by atoms with E-state index in [2.05, 4.69) is 46.3 Å². The van der Waals surface area contributed by atoms with Gasteiger partial charge in [-0.05, 0) is 41.8 Å². The summed E-state index contributed by atoms with van der Waals surface area (Å²) in [6, 6.07) is 10.6. The number of hydrogen-bond donors (Lipinski definition) is 1. The van der Waals surface area contributed by atoms with Crippen LogP contribution in [0.3, 0.4) is 0 Å². The first-order valence-corrected chi connectivity index (χ1v) is 7.46. The van der Waals surface area contributed by atoms with E-state index in [0.29, 0.717) is 6.54 Å². The number of rotatable bonds is 3. The van der Waals surface area contributed by atoms with Crippen molar-refractivity contribution in [3.8, 4) is 5.75 Å². The van der Waals surface area contributed by atoms with Gasteiger partial charge in [-0.3, -0.25) is 0 Å². The summed E-state index contributed by atoms with van der Waals surface area (Å²) in [5, 5.41) is 2.51. The van der Waals surface area contributed by atoms with Crippen molar-refractivity contribution in [2.75, 3.05) is 13.7 Å². The third-order valence-electron chi connectivity index (χ3n) is 4.40. The van der Waals surface area contributed by atoms with Gasteiger partial charge in [0.05, 0.1) is 7.11 Å². The van der Waals surface area contributed by atoms with Gasteiger partial charge in [0, 0.05) is 22.0 Å². The lowest BCUT2D eigenvalue weighted by atomic mass is 9.63. The smallest absolute Gasteiger partial charge is 0.123 e. The highest BCUT2D eigenvalue weighted by Gasteiger charge is 2.40. The van der Waals surface area contributed by atoms with Gasteiger partial charge >= 0.3 is 0 Å². The van der Waals surface area contributed by atoms with Crippen LogP contribution in [0.1, 0.15) is 24.8 Å².